The van der Waals surface area contributed by atoms with E-state index in [0.29, 0.717) is 0 Å². The summed E-state index contributed by atoms with van der Waals surface area (Å²) in [5.41, 5.74) is 7.17. The molecule has 1 aliphatic rings. The molecule has 0 aromatic heterocycles. The summed E-state index contributed by atoms with van der Waals surface area (Å²) in [5, 5.41) is 10.0. The molecule has 0 amide bonds. The van der Waals surface area contributed by atoms with Crippen LogP contribution >= 0.6 is 0 Å². The van der Waals surface area contributed by atoms with Gasteiger partial charge in [0.2, 0.25) is 0 Å². The zero-order chi connectivity index (χ0) is 16.9. The van der Waals surface area contributed by atoms with Crippen LogP contribution in [-0.4, -0.2) is 10.7 Å². The van der Waals surface area contributed by atoms with E-state index in [-0.39, 0.29) is 0 Å². The molecule has 0 radical (unpaired) electrons. The highest BCUT2D eigenvalue weighted by Crippen LogP contribution is 2.35. The van der Waals surface area contributed by atoms with Crippen LogP contribution in [0.4, 0.5) is 0 Å². The molecule has 1 nitrogen and oxygen atoms in total. The van der Waals surface area contributed by atoms with Crippen LogP contribution in [-0.2, 0) is 6.42 Å². The van der Waals surface area contributed by atoms with E-state index in [2.05, 4.69) is 44.2 Å². The van der Waals surface area contributed by atoms with E-state index in [9.17, 15) is 5.11 Å². The zero-order valence-corrected chi connectivity index (χ0v) is 15.3. The quantitative estimate of drug-likeness (QED) is 0.613. The van der Waals surface area contributed by atoms with E-state index >= 15 is 0 Å². The Kier molecular flexibility index (Phi) is 6.24. The molecular formula is C22H32O. The fourth-order valence-corrected chi connectivity index (χ4v) is 3.33. The van der Waals surface area contributed by atoms with Crippen LogP contribution in [0.5, 0.6) is 0 Å². The molecule has 0 atom stereocenters. The van der Waals surface area contributed by atoms with Gasteiger partial charge in [0.05, 0.1) is 5.60 Å². The molecule has 2 rings (SSSR count). The molecule has 23 heavy (non-hydrogen) atoms. The number of aryl methyl sites for hydroxylation is 1. The van der Waals surface area contributed by atoms with Crippen molar-refractivity contribution < 1.29 is 5.11 Å². The molecule has 0 saturated carbocycles. The highest BCUT2D eigenvalue weighted by molar-refractivity contribution is 5.33. The predicted molar refractivity (Wildman–Crippen MR) is 99.5 cm³/mol. The number of benzene rings is 1. The van der Waals surface area contributed by atoms with E-state index in [1.54, 1.807) is 16.7 Å². The Bertz CT molecular complexity index is 570. The van der Waals surface area contributed by atoms with Crippen LogP contribution in [0.3, 0.4) is 0 Å². The van der Waals surface area contributed by atoms with Gasteiger partial charge in [0, 0.05) is 0 Å². The van der Waals surface area contributed by atoms with Crippen molar-refractivity contribution in [1.82, 2.24) is 0 Å². The average Bonchev–Trinajstić information content (AvgIpc) is 2.49. The maximum absolute atomic E-state index is 10.0. The molecule has 0 fully saturated rings. The van der Waals surface area contributed by atoms with Crippen molar-refractivity contribution >= 4 is 0 Å². The Labute approximate surface area is 142 Å². The topological polar surface area (TPSA) is 20.2 Å². The highest BCUT2D eigenvalue weighted by atomic mass is 16.3. The van der Waals surface area contributed by atoms with E-state index in [1.165, 1.54) is 24.0 Å². The predicted octanol–water partition coefficient (Wildman–Crippen LogP) is 5.99. The number of allylic oxidation sites excluding steroid dienone is 4. The van der Waals surface area contributed by atoms with Crippen molar-refractivity contribution in [1.29, 1.82) is 0 Å². The lowest BCUT2D eigenvalue weighted by molar-refractivity contribution is 0.0711. The van der Waals surface area contributed by atoms with Crippen molar-refractivity contribution in [2.24, 2.45) is 0 Å². The van der Waals surface area contributed by atoms with Crippen molar-refractivity contribution in [2.45, 2.75) is 78.2 Å². The van der Waals surface area contributed by atoms with Gasteiger partial charge in [0.25, 0.3) is 0 Å². The third kappa shape index (κ3) is 5.99. The highest BCUT2D eigenvalue weighted by Gasteiger charge is 2.19. The van der Waals surface area contributed by atoms with Crippen molar-refractivity contribution in [2.75, 3.05) is 0 Å². The summed E-state index contributed by atoms with van der Waals surface area (Å²) in [6.07, 6.45) is 7.72. The van der Waals surface area contributed by atoms with E-state index in [0.717, 1.165) is 32.1 Å². The third-order valence-corrected chi connectivity index (χ3v) is 5.01. The first-order valence-corrected chi connectivity index (χ1v) is 8.96. The number of hydrogen-bond acceptors (Lipinski definition) is 1. The smallest absolute Gasteiger partial charge is 0.0594 e. The summed E-state index contributed by atoms with van der Waals surface area (Å²) in [4.78, 5) is 0. The van der Waals surface area contributed by atoms with Crippen LogP contribution in [0.2, 0.25) is 0 Å². The molecule has 0 bridgehead atoms. The second kappa shape index (κ2) is 7.97. The zero-order valence-electron chi connectivity index (χ0n) is 15.3. The van der Waals surface area contributed by atoms with Crippen LogP contribution in [0.15, 0.2) is 52.6 Å². The van der Waals surface area contributed by atoms with E-state index in [4.69, 9.17) is 0 Å². The summed E-state index contributed by atoms with van der Waals surface area (Å²) in [5.74, 6) is 0. The van der Waals surface area contributed by atoms with Crippen LogP contribution in [0.25, 0.3) is 0 Å². The van der Waals surface area contributed by atoms with Gasteiger partial charge in [-0.25, -0.2) is 0 Å². The second-order valence-electron chi connectivity index (χ2n) is 7.77. The molecule has 0 saturated heterocycles. The summed E-state index contributed by atoms with van der Waals surface area (Å²) >= 11 is 0. The van der Waals surface area contributed by atoms with Crippen LogP contribution < -0.4 is 0 Å². The van der Waals surface area contributed by atoms with Crippen molar-refractivity contribution in [3.05, 3.63) is 58.2 Å². The molecule has 1 aromatic carbocycles. The fourth-order valence-electron chi connectivity index (χ4n) is 3.33. The lowest BCUT2D eigenvalue weighted by Gasteiger charge is -2.26. The number of aliphatic hydroxyl groups is 1. The minimum Gasteiger partial charge on any atom is -0.390 e. The first-order chi connectivity index (χ1) is 10.8. The van der Waals surface area contributed by atoms with Gasteiger partial charge in [-0.2, -0.15) is 0 Å². The summed E-state index contributed by atoms with van der Waals surface area (Å²) < 4.78 is 0. The average molecular weight is 312 g/mol. The lowest BCUT2D eigenvalue weighted by atomic mass is 9.82. The van der Waals surface area contributed by atoms with Crippen LogP contribution in [0, 0.1) is 0 Å². The first-order valence-electron chi connectivity index (χ1n) is 8.96. The molecule has 0 aliphatic heterocycles. The van der Waals surface area contributed by atoms with Gasteiger partial charge < -0.3 is 5.11 Å². The van der Waals surface area contributed by atoms with E-state index in [1.807, 2.05) is 13.8 Å². The molecule has 0 spiro atoms. The minimum absolute atomic E-state index is 0.563. The largest absolute Gasteiger partial charge is 0.390 e. The molecular weight excluding hydrogens is 280 g/mol. The molecule has 1 aromatic rings. The standard InChI is InChI=1S/C22H32O/c1-17-15-20(12-8-11-19-9-6-5-7-10-19)21(16-18(17)2)13-14-22(3,4)23/h5-7,9-10,23H,8,11-16H2,1-4H3. The first kappa shape index (κ1) is 18.0. The Morgan fingerprint density at radius 2 is 1.43 bits per heavy atom. The maximum Gasteiger partial charge on any atom is 0.0594 e. The normalized spacial score (nSPS) is 16.2. The summed E-state index contributed by atoms with van der Waals surface area (Å²) in [6, 6.07) is 10.8. The Morgan fingerprint density at radius 1 is 0.870 bits per heavy atom. The Balaban J connectivity index is 1.98. The molecule has 0 heterocycles. The van der Waals surface area contributed by atoms with E-state index < -0.39 is 5.60 Å². The fraction of sp³-hybridized carbons (Fsp3) is 0.545. The second-order valence-corrected chi connectivity index (χ2v) is 7.77. The van der Waals surface area contributed by atoms with Crippen LogP contribution in [0.1, 0.15) is 71.8 Å². The lowest BCUT2D eigenvalue weighted by Crippen LogP contribution is -2.19. The maximum atomic E-state index is 10.0. The van der Waals surface area contributed by atoms with Gasteiger partial charge in [-0.3, -0.25) is 0 Å². The molecule has 0 unspecified atom stereocenters. The number of rotatable bonds is 7. The van der Waals surface area contributed by atoms with Gasteiger partial charge in [-0.1, -0.05) is 52.6 Å². The Hall–Kier alpha value is -1.34. The minimum atomic E-state index is -0.563. The van der Waals surface area contributed by atoms with Crippen molar-refractivity contribution in [3.8, 4) is 0 Å². The van der Waals surface area contributed by atoms with Gasteiger partial charge in [0.15, 0.2) is 0 Å². The molecule has 1 N–H and O–H groups in total. The molecule has 1 heteroatoms. The summed E-state index contributed by atoms with van der Waals surface area (Å²) in [7, 11) is 0. The monoisotopic (exact) mass is 312 g/mol. The van der Waals surface area contributed by atoms with Gasteiger partial charge in [-0.15, -0.1) is 0 Å². The van der Waals surface area contributed by atoms with Gasteiger partial charge >= 0.3 is 0 Å². The van der Waals surface area contributed by atoms with Crippen molar-refractivity contribution in [3.63, 3.8) is 0 Å². The molecule has 126 valence electrons. The van der Waals surface area contributed by atoms with Gasteiger partial charge in [-0.05, 0) is 78.2 Å². The Morgan fingerprint density at radius 3 is 2.00 bits per heavy atom. The SMILES string of the molecule is CC1=C(C)CC(CCC(C)(C)O)=C(CCCc2ccccc2)C1. The summed E-state index contributed by atoms with van der Waals surface area (Å²) in [6.45, 7) is 8.37. The van der Waals surface area contributed by atoms with Gasteiger partial charge in [0.1, 0.15) is 0 Å². The molecule has 1 aliphatic carbocycles. The number of hydrogen-bond donors (Lipinski definition) is 1. The third-order valence-electron chi connectivity index (χ3n) is 5.01.